The summed E-state index contributed by atoms with van der Waals surface area (Å²) in [6.45, 7) is 7.21. The number of nitrogens with one attached hydrogen (secondary N) is 1. The molecular weight excluding hydrogens is 282 g/mol. The number of anilines is 1. The van der Waals surface area contributed by atoms with E-state index >= 15 is 0 Å². The fourth-order valence-electron chi connectivity index (χ4n) is 2.17. The minimum absolute atomic E-state index is 0.0373. The summed E-state index contributed by atoms with van der Waals surface area (Å²) < 4.78 is 0. The summed E-state index contributed by atoms with van der Waals surface area (Å²) in [6.07, 6.45) is 2.74. The summed E-state index contributed by atoms with van der Waals surface area (Å²) in [6, 6.07) is 7.28. The van der Waals surface area contributed by atoms with Crippen LogP contribution in [0.15, 0.2) is 24.3 Å². The Bertz CT molecular complexity index is 453. The molecule has 0 atom stereocenters. The van der Waals surface area contributed by atoms with E-state index in [0.717, 1.165) is 43.7 Å². The molecule has 0 heterocycles. The molecule has 0 saturated carbocycles. The maximum Gasteiger partial charge on any atom is 0.225 e. The van der Waals surface area contributed by atoms with Gasteiger partial charge in [0.2, 0.25) is 5.91 Å². The van der Waals surface area contributed by atoms with Gasteiger partial charge >= 0.3 is 0 Å². The molecule has 0 spiro atoms. The fraction of sp³-hybridized carbons (Fsp3) is 0.500. The van der Waals surface area contributed by atoms with Gasteiger partial charge in [-0.3, -0.25) is 4.79 Å². The van der Waals surface area contributed by atoms with Crippen LogP contribution in [0.3, 0.4) is 0 Å². The van der Waals surface area contributed by atoms with Gasteiger partial charge in [0.1, 0.15) is 4.99 Å². The largest absolute Gasteiger partial charge is 0.389 e. The molecule has 1 rings (SSSR count). The van der Waals surface area contributed by atoms with E-state index in [1.807, 2.05) is 24.3 Å². The van der Waals surface area contributed by atoms with E-state index in [9.17, 15) is 4.79 Å². The minimum Gasteiger partial charge on any atom is -0.389 e. The average molecular weight is 307 g/mol. The van der Waals surface area contributed by atoms with Crippen molar-refractivity contribution in [3.8, 4) is 0 Å². The van der Waals surface area contributed by atoms with Crippen molar-refractivity contribution in [3.05, 3.63) is 29.8 Å². The molecule has 116 valence electrons. The van der Waals surface area contributed by atoms with Crippen LogP contribution in [0.2, 0.25) is 0 Å². The van der Waals surface area contributed by atoms with Crippen LogP contribution in [-0.2, 0) is 4.79 Å². The number of amides is 1. The molecule has 0 unspecified atom stereocenters. The van der Waals surface area contributed by atoms with Gasteiger partial charge in [0.15, 0.2) is 0 Å². The van der Waals surface area contributed by atoms with Crippen LogP contribution in [0, 0.1) is 0 Å². The van der Waals surface area contributed by atoms with Gasteiger partial charge in [-0.1, -0.05) is 26.1 Å². The first kappa shape index (κ1) is 17.6. The van der Waals surface area contributed by atoms with Crippen LogP contribution in [0.25, 0.3) is 0 Å². The lowest BCUT2D eigenvalue weighted by molar-refractivity contribution is -0.116. The number of nitrogens with two attached hydrogens (primary N) is 1. The molecule has 0 aliphatic rings. The highest BCUT2D eigenvalue weighted by Crippen LogP contribution is 2.10. The summed E-state index contributed by atoms with van der Waals surface area (Å²) in [5.74, 6) is 0.0373. The Kier molecular flexibility index (Phi) is 7.93. The number of benzene rings is 1. The highest BCUT2D eigenvalue weighted by Gasteiger charge is 2.07. The molecule has 1 aromatic carbocycles. The summed E-state index contributed by atoms with van der Waals surface area (Å²) in [4.78, 5) is 14.6. The van der Waals surface area contributed by atoms with Crippen molar-refractivity contribution in [1.82, 2.24) is 4.90 Å². The lowest BCUT2D eigenvalue weighted by atomic mass is 10.2. The second kappa shape index (κ2) is 9.47. The van der Waals surface area contributed by atoms with E-state index in [1.54, 1.807) is 0 Å². The summed E-state index contributed by atoms with van der Waals surface area (Å²) in [5.41, 5.74) is 7.12. The first-order valence-corrected chi connectivity index (χ1v) is 7.89. The summed E-state index contributed by atoms with van der Waals surface area (Å²) in [5, 5.41) is 2.90. The Balaban J connectivity index is 2.43. The smallest absolute Gasteiger partial charge is 0.225 e. The zero-order chi connectivity index (χ0) is 15.7. The molecule has 0 aromatic heterocycles. The number of thiocarbonyl (C=S) groups is 1. The van der Waals surface area contributed by atoms with Gasteiger partial charge in [0.25, 0.3) is 0 Å². The molecule has 1 aromatic rings. The van der Waals surface area contributed by atoms with Gasteiger partial charge < -0.3 is 16.0 Å². The van der Waals surface area contributed by atoms with Crippen molar-refractivity contribution in [2.45, 2.75) is 33.1 Å². The normalized spacial score (nSPS) is 10.6. The van der Waals surface area contributed by atoms with Crippen molar-refractivity contribution in [2.24, 2.45) is 5.73 Å². The standard InChI is InChI=1S/C16H25N3OS/c1-3-10-19(11-4-2)12-9-15(20)18-14-7-5-13(6-8-14)16(17)21/h5-8H,3-4,9-12H2,1-2H3,(H2,17,21)(H,18,20). The number of hydrogen-bond donors (Lipinski definition) is 2. The molecule has 0 fully saturated rings. The number of nitrogens with zero attached hydrogens (tertiary/aromatic N) is 1. The Morgan fingerprint density at radius 1 is 1.14 bits per heavy atom. The van der Waals surface area contributed by atoms with Gasteiger partial charge in [-0.15, -0.1) is 0 Å². The van der Waals surface area contributed by atoms with Gasteiger partial charge in [-0.2, -0.15) is 0 Å². The maximum absolute atomic E-state index is 12.0. The first-order chi connectivity index (χ1) is 10.1. The predicted molar refractivity (Wildman–Crippen MR) is 92.6 cm³/mol. The number of hydrogen-bond acceptors (Lipinski definition) is 3. The Morgan fingerprint density at radius 2 is 1.71 bits per heavy atom. The second-order valence-corrected chi connectivity index (χ2v) is 5.52. The molecule has 0 bridgehead atoms. The van der Waals surface area contributed by atoms with Crippen molar-refractivity contribution in [2.75, 3.05) is 25.0 Å². The number of rotatable bonds is 9. The summed E-state index contributed by atoms with van der Waals surface area (Å²) in [7, 11) is 0. The van der Waals surface area contributed by atoms with Crippen molar-refractivity contribution in [3.63, 3.8) is 0 Å². The molecule has 4 nitrogen and oxygen atoms in total. The highest BCUT2D eigenvalue weighted by atomic mass is 32.1. The highest BCUT2D eigenvalue weighted by molar-refractivity contribution is 7.80. The predicted octanol–water partition coefficient (Wildman–Crippen LogP) is 2.77. The van der Waals surface area contributed by atoms with Crippen LogP contribution in [0.1, 0.15) is 38.7 Å². The molecule has 0 aliphatic carbocycles. The van der Waals surface area contributed by atoms with E-state index in [4.69, 9.17) is 18.0 Å². The van der Waals surface area contributed by atoms with Gasteiger partial charge in [0.05, 0.1) is 0 Å². The SMILES string of the molecule is CCCN(CCC)CCC(=O)Nc1ccc(C(N)=S)cc1. The van der Waals surface area contributed by atoms with E-state index < -0.39 is 0 Å². The third-order valence-corrected chi connectivity index (χ3v) is 3.42. The summed E-state index contributed by atoms with van der Waals surface area (Å²) >= 11 is 4.90. The zero-order valence-corrected chi connectivity index (χ0v) is 13.7. The van der Waals surface area contributed by atoms with Gasteiger partial charge in [-0.25, -0.2) is 0 Å². The Morgan fingerprint density at radius 3 is 2.19 bits per heavy atom. The van der Waals surface area contributed by atoms with Crippen molar-refractivity contribution >= 4 is 28.8 Å². The topological polar surface area (TPSA) is 58.4 Å². The molecule has 21 heavy (non-hydrogen) atoms. The molecule has 0 radical (unpaired) electrons. The van der Waals surface area contributed by atoms with E-state index in [0.29, 0.717) is 11.4 Å². The van der Waals surface area contributed by atoms with Crippen LogP contribution in [-0.4, -0.2) is 35.4 Å². The first-order valence-electron chi connectivity index (χ1n) is 7.48. The van der Waals surface area contributed by atoms with E-state index in [1.165, 1.54) is 0 Å². The Labute approximate surface area is 132 Å². The zero-order valence-electron chi connectivity index (χ0n) is 12.9. The molecule has 0 aliphatic heterocycles. The van der Waals surface area contributed by atoms with Gasteiger partial charge in [-0.05, 0) is 50.2 Å². The van der Waals surface area contributed by atoms with Crippen LogP contribution in [0.5, 0.6) is 0 Å². The van der Waals surface area contributed by atoms with Crippen LogP contribution < -0.4 is 11.1 Å². The number of carbonyl (C=O) groups excluding carboxylic acids is 1. The third kappa shape index (κ3) is 6.69. The Hall–Kier alpha value is -1.46. The van der Waals surface area contributed by atoms with E-state index in [2.05, 4.69) is 24.1 Å². The maximum atomic E-state index is 12.0. The molecule has 0 saturated heterocycles. The van der Waals surface area contributed by atoms with E-state index in [-0.39, 0.29) is 5.91 Å². The van der Waals surface area contributed by atoms with Crippen LogP contribution in [0.4, 0.5) is 5.69 Å². The minimum atomic E-state index is 0.0373. The molecule has 3 N–H and O–H groups in total. The fourth-order valence-corrected chi connectivity index (χ4v) is 2.30. The quantitative estimate of drug-likeness (QED) is 0.689. The monoisotopic (exact) mass is 307 g/mol. The van der Waals surface area contributed by atoms with Gasteiger partial charge in [0, 0.05) is 24.2 Å². The second-order valence-electron chi connectivity index (χ2n) is 5.08. The average Bonchev–Trinajstić information content (AvgIpc) is 2.46. The van der Waals surface area contributed by atoms with Crippen LogP contribution >= 0.6 is 12.2 Å². The van der Waals surface area contributed by atoms with Crippen molar-refractivity contribution < 1.29 is 4.79 Å². The third-order valence-electron chi connectivity index (χ3n) is 3.19. The molecular formula is C16H25N3OS. The van der Waals surface area contributed by atoms with Crippen molar-refractivity contribution in [1.29, 1.82) is 0 Å². The lowest BCUT2D eigenvalue weighted by Gasteiger charge is -2.20. The molecule has 5 heteroatoms. The number of carbonyl (C=O) groups is 1. The molecule has 1 amide bonds. The lowest BCUT2D eigenvalue weighted by Crippen LogP contribution is -2.29.